The second-order valence-corrected chi connectivity index (χ2v) is 5.93. The monoisotopic (exact) mass is 352 g/mol. The molecule has 6 heteroatoms. The molecule has 0 amide bonds. The molecule has 0 aliphatic carbocycles. The average molecular weight is 353 g/mol. The van der Waals surface area contributed by atoms with Crippen LogP contribution in [0.2, 0.25) is 0 Å². The van der Waals surface area contributed by atoms with Crippen molar-refractivity contribution < 1.29 is 9.84 Å². The van der Waals surface area contributed by atoms with Crippen LogP contribution in [0, 0.1) is 6.92 Å². The molecule has 0 saturated carbocycles. The SMILES string of the molecule is COc1cc(-c2nc(C)c(C(C)C)c(=O)[nH]2)cc(Br)c1O. The number of aromatic nitrogens is 2. The normalized spacial score (nSPS) is 11.0. The summed E-state index contributed by atoms with van der Waals surface area (Å²) < 4.78 is 5.59. The van der Waals surface area contributed by atoms with Crippen LogP contribution in [0.1, 0.15) is 31.0 Å². The largest absolute Gasteiger partial charge is 0.503 e. The number of hydrogen-bond acceptors (Lipinski definition) is 4. The van der Waals surface area contributed by atoms with Gasteiger partial charge in [0.05, 0.1) is 11.6 Å². The van der Waals surface area contributed by atoms with Crippen LogP contribution in [-0.2, 0) is 0 Å². The van der Waals surface area contributed by atoms with Crippen LogP contribution < -0.4 is 10.3 Å². The number of nitrogens with zero attached hydrogens (tertiary/aromatic N) is 1. The zero-order chi connectivity index (χ0) is 15.7. The van der Waals surface area contributed by atoms with Gasteiger partial charge < -0.3 is 14.8 Å². The van der Waals surface area contributed by atoms with E-state index >= 15 is 0 Å². The number of ether oxygens (including phenoxy) is 1. The van der Waals surface area contributed by atoms with E-state index in [1.54, 1.807) is 12.1 Å². The van der Waals surface area contributed by atoms with E-state index in [0.717, 1.165) is 0 Å². The Kier molecular flexibility index (Phi) is 4.37. The highest BCUT2D eigenvalue weighted by Crippen LogP contribution is 2.37. The maximum Gasteiger partial charge on any atom is 0.254 e. The minimum Gasteiger partial charge on any atom is -0.503 e. The summed E-state index contributed by atoms with van der Waals surface area (Å²) >= 11 is 3.26. The predicted molar refractivity (Wildman–Crippen MR) is 85.0 cm³/mol. The van der Waals surface area contributed by atoms with E-state index in [9.17, 15) is 9.90 Å². The highest BCUT2D eigenvalue weighted by Gasteiger charge is 2.15. The third kappa shape index (κ3) is 2.95. The summed E-state index contributed by atoms with van der Waals surface area (Å²) in [4.78, 5) is 19.4. The molecular weight excluding hydrogens is 336 g/mol. The van der Waals surface area contributed by atoms with Gasteiger partial charge in [0.2, 0.25) is 0 Å². The molecule has 0 aliphatic rings. The number of rotatable bonds is 3. The van der Waals surface area contributed by atoms with Gasteiger partial charge in [-0.15, -0.1) is 0 Å². The van der Waals surface area contributed by atoms with Crippen LogP contribution in [0.25, 0.3) is 11.4 Å². The van der Waals surface area contributed by atoms with E-state index in [1.807, 2.05) is 20.8 Å². The third-order valence-electron chi connectivity index (χ3n) is 3.24. The van der Waals surface area contributed by atoms with Gasteiger partial charge in [-0.05, 0) is 40.9 Å². The quantitative estimate of drug-likeness (QED) is 0.888. The Bertz CT molecular complexity index is 738. The summed E-state index contributed by atoms with van der Waals surface area (Å²) in [7, 11) is 1.47. The molecule has 0 fully saturated rings. The van der Waals surface area contributed by atoms with Gasteiger partial charge in [0.15, 0.2) is 11.5 Å². The molecule has 0 aliphatic heterocycles. The molecule has 2 N–H and O–H groups in total. The van der Waals surface area contributed by atoms with Crippen LogP contribution in [0.3, 0.4) is 0 Å². The molecule has 1 aromatic heterocycles. The van der Waals surface area contributed by atoms with Crippen LogP contribution in [-0.4, -0.2) is 22.2 Å². The molecule has 112 valence electrons. The fourth-order valence-corrected chi connectivity index (χ4v) is 2.72. The molecule has 0 radical (unpaired) electrons. The van der Waals surface area contributed by atoms with Crippen LogP contribution >= 0.6 is 15.9 Å². The molecule has 0 unspecified atom stereocenters. The first-order valence-electron chi connectivity index (χ1n) is 6.52. The summed E-state index contributed by atoms with van der Waals surface area (Å²) in [5.41, 5.74) is 1.90. The highest BCUT2D eigenvalue weighted by molar-refractivity contribution is 9.10. The van der Waals surface area contributed by atoms with E-state index in [1.165, 1.54) is 7.11 Å². The number of phenols is 1. The van der Waals surface area contributed by atoms with E-state index < -0.39 is 0 Å². The Morgan fingerprint density at radius 3 is 2.57 bits per heavy atom. The number of methoxy groups -OCH3 is 1. The number of benzene rings is 1. The number of aromatic amines is 1. The number of aryl methyl sites for hydroxylation is 1. The summed E-state index contributed by atoms with van der Waals surface area (Å²) in [5.74, 6) is 0.879. The molecule has 0 spiro atoms. The number of H-pyrrole nitrogens is 1. The topological polar surface area (TPSA) is 75.2 Å². The van der Waals surface area contributed by atoms with Crippen molar-refractivity contribution in [2.75, 3.05) is 7.11 Å². The minimum absolute atomic E-state index is 0.0131. The van der Waals surface area contributed by atoms with Crippen molar-refractivity contribution in [2.45, 2.75) is 26.7 Å². The molecule has 2 aromatic rings. The van der Waals surface area contributed by atoms with E-state index in [0.29, 0.717) is 32.9 Å². The van der Waals surface area contributed by atoms with Gasteiger partial charge in [-0.3, -0.25) is 4.79 Å². The molecular formula is C15H17BrN2O3. The van der Waals surface area contributed by atoms with Gasteiger partial charge >= 0.3 is 0 Å². The van der Waals surface area contributed by atoms with Crippen LogP contribution in [0.4, 0.5) is 0 Å². The lowest BCUT2D eigenvalue weighted by Crippen LogP contribution is -2.18. The van der Waals surface area contributed by atoms with Crippen molar-refractivity contribution in [3.63, 3.8) is 0 Å². The number of nitrogens with one attached hydrogen (secondary N) is 1. The summed E-state index contributed by atoms with van der Waals surface area (Å²) in [6.45, 7) is 5.74. The number of hydrogen-bond donors (Lipinski definition) is 2. The number of aromatic hydroxyl groups is 1. The molecule has 0 atom stereocenters. The number of halogens is 1. The lowest BCUT2D eigenvalue weighted by molar-refractivity contribution is 0.372. The Morgan fingerprint density at radius 1 is 1.38 bits per heavy atom. The minimum atomic E-state index is -0.143. The second-order valence-electron chi connectivity index (χ2n) is 5.08. The standard InChI is InChI=1S/C15H17BrN2O3/c1-7(2)12-8(3)17-14(18-15(12)20)9-5-10(16)13(19)11(6-9)21-4/h5-7,19H,1-4H3,(H,17,18,20). The van der Waals surface area contributed by atoms with Gasteiger partial charge in [0.25, 0.3) is 5.56 Å². The molecule has 0 saturated heterocycles. The fourth-order valence-electron chi connectivity index (χ4n) is 2.28. The maximum absolute atomic E-state index is 12.2. The molecule has 0 bridgehead atoms. The third-order valence-corrected chi connectivity index (χ3v) is 3.85. The van der Waals surface area contributed by atoms with E-state index in [2.05, 4.69) is 25.9 Å². The van der Waals surface area contributed by atoms with Crippen molar-refractivity contribution in [1.29, 1.82) is 0 Å². The van der Waals surface area contributed by atoms with Crippen LogP contribution in [0.5, 0.6) is 11.5 Å². The Morgan fingerprint density at radius 2 is 2.05 bits per heavy atom. The van der Waals surface area contributed by atoms with Gasteiger partial charge in [0, 0.05) is 16.8 Å². The molecule has 1 aromatic carbocycles. The molecule has 21 heavy (non-hydrogen) atoms. The lowest BCUT2D eigenvalue weighted by Gasteiger charge is -2.12. The average Bonchev–Trinajstić information content (AvgIpc) is 2.40. The maximum atomic E-state index is 12.2. The first-order valence-corrected chi connectivity index (χ1v) is 7.32. The zero-order valence-corrected chi connectivity index (χ0v) is 13.9. The molecule has 1 heterocycles. The predicted octanol–water partition coefficient (Wildman–Crippen LogP) is 3.35. The molecule has 5 nitrogen and oxygen atoms in total. The summed E-state index contributed by atoms with van der Waals surface area (Å²) in [5, 5.41) is 9.83. The fraction of sp³-hybridized carbons (Fsp3) is 0.333. The zero-order valence-electron chi connectivity index (χ0n) is 12.3. The Labute approximate surface area is 131 Å². The first-order chi connectivity index (χ1) is 9.85. The van der Waals surface area contributed by atoms with Gasteiger partial charge in [-0.1, -0.05) is 13.8 Å². The Hall–Kier alpha value is -1.82. The summed E-state index contributed by atoms with van der Waals surface area (Å²) in [6.07, 6.45) is 0. The van der Waals surface area contributed by atoms with Crippen molar-refractivity contribution in [2.24, 2.45) is 0 Å². The van der Waals surface area contributed by atoms with Crippen molar-refractivity contribution >= 4 is 15.9 Å². The smallest absolute Gasteiger partial charge is 0.254 e. The van der Waals surface area contributed by atoms with Crippen molar-refractivity contribution in [3.05, 3.63) is 38.2 Å². The summed E-state index contributed by atoms with van der Waals surface area (Å²) in [6, 6.07) is 3.32. The van der Waals surface area contributed by atoms with Crippen molar-refractivity contribution in [1.82, 2.24) is 9.97 Å². The van der Waals surface area contributed by atoms with E-state index in [4.69, 9.17) is 4.74 Å². The van der Waals surface area contributed by atoms with Gasteiger partial charge in [-0.25, -0.2) is 4.98 Å². The van der Waals surface area contributed by atoms with E-state index in [-0.39, 0.29) is 17.2 Å². The van der Waals surface area contributed by atoms with Crippen LogP contribution in [0.15, 0.2) is 21.4 Å². The Balaban J connectivity index is 2.63. The first kappa shape index (κ1) is 15.6. The second kappa shape index (κ2) is 5.89. The van der Waals surface area contributed by atoms with Gasteiger partial charge in [-0.2, -0.15) is 0 Å². The van der Waals surface area contributed by atoms with Gasteiger partial charge in [0.1, 0.15) is 5.82 Å². The molecule has 2 rings (SSSR count). The van der Waals surface area contributed by atoms with Crippen molar-refractivity contribution in [3.8, 4) is 22.9 Å². The highest BCUT2D eigenvalue weighted by atomic mass is 79.9. The lowest BCUT2D eigenvalue weighted by atomic mass is 10.0. The number of phenolic OH excluding ortho intramolecular Hbond substituents is 1.